The van der Waals surface area contributed by atoms with Gasteiger partial charge in [-0.1, -0.05) is 12.1 Å². The van der Waals surface area contributed by atoms with Crippen LogP contribution in [0, 0.1) is 5.92 Å². The summed E-state index contributed by atoms with van der Waals surface area (Å²) in [6.45, 7) is 2.17. The molecule has 1 aromatic rings. The Morgan fingerprint density at radius 3 is 2.68 bits per heavy atom. The zero-order valence-electron chi connectivity index (χ0n) is 12.9. The number of likely N-dealkylation sites (N-methyl/N-ethyl adjacent to an activating group) is 1. The van der Waals surface area contributed by atoms with Gasteiger partial charge in [-0.05, 0) is 36.5 Å². The molecule has 120 valence electrons. The van der Waals surface area contributed by atoms with Crippen LogP contribution in [-0.4, -0.2) is 38.7 Å². The van der Waals surface area contributed by atoms with E-state index in [1.54, 1.807) is 19.2 Å². The van der Waals surface area contributed by atoms with Crippen molar-refractivity contribution in [2.75, 3.05) is 32.1 Å². The van der Waals surface area contributed by atoms with Gasteiger partial charge >= 0.3 is 6.03 Å². The van der Waals surface area contributed by atoms with Gasteiger partial charge in [0.1, 0.15) is 0 Å². The molecular weight excluding hydrogens is 282 g/mol. The summed E-state index contributed by atoms with van der Waals surface area (Å²) in [6, 6.07) is 7.03. The van der Waals surface area contributed by atoms with Crippen LogP contribution in [0.2, 0.25) is 0 Å². The van der Waals surface area contributed by atoms with Crippen LogP contribution in [0.15, 0.2) is 24.3 Å². The molecule has 1 saturated heterocycles. The van der Waals surface area contributed by atoms with Crippen LogP contribution < -0.4 is 16.0 Å². The molecule has 1 atom stereocenters. The number of benzene rings is 1. The Kier molecular flexibility index (Phi) is 6.21. The summed E-state index contributed by atoms with van der Waals surface area (Å²) in [7, 11) is 1.61. The monoisotopic (exact) mass is 305 g/mol. The minimum Gasteiger partial charge on any atom is -0.381 e. The highest BCUT2D eigenvalue weighted by molar-refractivity contribution is 5.89. The number of hydrogen-bond acceptors (Lipinski definition) is 3. The van der Waals surface area contributed by atoms with Gasteiger partial charge in [0.15, 0.2) is 0 Å². The molecule has 3 N–H and O–H groups in total. The summed E-state index contributed by atoms with van der Waals surface area (Å²) in [5, 5.41) is 8.23. The third-order valence-corrected chi connectivity index (χ3v) is 3.66. The van der Waals surface area contributed by atoms with Gasteiger partial charge in [0.2, 0.25) is 5.91 Å². The molecule has 1 heterocycles. The van der Waals surface area contributed by atoms with Crippen molar-refractivity contribution < 1.29 is 14.3 Å². The number of carbonyl (C=O) groups is 2. The van der Waals surface area contributed by atoms with Crippen molar-refractivity contribution in [2.45, 2.75) is 19.3 Å². The van der Waals surface area contributed by atoms with Crippen molar-refractivity contribution in [3.8, 4) is 0 Å². The van der Waals surface area contributed by atoms with E-state index in [2.05, 4.69) is 16.0 Å². The molecule has 0 bridgehead atoms. The van der Waals surface area contributed by atoms with Gasteiger partial charge in [0, 0.05) is 25.9 Å². The second-order valence-electron chi connectivity index (χ2n) is 5.47. The molecule has 1 aliphatic rings. The highest BCUT2D eigenvalue weighted by atomic mass is 16.5. The molecule has 1 fully saturated rings. The van der Waals surface area contributed by atoms with Crippen LogP contribution in [-0.2, 0) is 16.0 Å². The normalized spacial score (nSPS) is 17.6. The van der Waals surface area contributed by atoms with Crippen molar-refractivity contribution in [1.29, 1.82) is 0 Å². The number of rotatable bonds is 5. The molecule has 0 saturated carbocycles. The number of anilines is 1. The fourth-order valence-corrected chi connectivity index (χ4v) is 2.36. The van der Waals surface area contributed by atoms with Gasteiger partial charge in [-0.15, -0.1) is 0 Å². The first-order chi connectivity index (χ1) is 10.7. The Morgan fingerprint density at radius 1 is 1.27 bits per heavy atom. The third-order valence-electron chi connectivity index (χ3n) is 3.66. The maximum absolute atomic E-state index is 11.8. The predicted molar refractivity (Wildman–Crippen MR) is 84.8 cm³/mol. The molecule has 6 nitrogen and oxygen atoms in total. The highest BCUT2D eigenvalue weighted by Crippen LogP contribution is 2.13. The average molecular weight is 305 g/mol. The Bertz CT molecular complexity index is 496. The van der Waals surface area contributed by atoms with Gasteiger partial charge in [0.05, 0.1) is 13.0 Å². The number of nitrogens with one attached hydrogen (secondary N) is 3. The van der Waals surface area contributed by atoms with Crippen molar-refractivity contribution in [3.05, 3.63) is 29.8 Å². The van der Waals surface area contributed by atoms with Crippen LogP contribution in [0.5, 0.6) is 0 Å². The first-order valence-corrected chi connectivity index (χ1v) is 7.59. The molecule has 2 rings (SSSR count). The first-order valence-electron chi connectivity index (χ1n) is 7.59. The molecule has 3 amide bonds. The lowest BCUT2D eigenvalue weighted by Gasteiger charge is -2.22. The number of carbonyl (C=O) groups excluding carboxylic acids is 2. The summed E-state index contributed by atoms with van der Waals surface area (Å²) in [4.78, 5) is 23.1. The SMILES string of the molecule is CNC(=O)Cc1ccc(NC(=O)NC[C@H]2CCCOC2)cc1. The maximum Gasteiger partial charge on any atom is 0.319 e. The van der Waals surface area contributed by atoms with E-state index in [4.69, 9.17) is 4.74 Å². The molecule has 0 unspecified atom stereocenters. The predicted octanol–water partition coefficient (Wildman–Crippen LogP) is 1.52. The lowest BCUT2D eigenvalue weighted by molar-refractivity contribution is -0.119. The summed E-state index contributed by atoms with van der Waals surface area (Å²) in [5.41, 5.74) is 1.61. The van der Waals surface area contributed by atoms with Gasteiger partial charge in [-0.25, -0.2) is 4.79 Å². The van der Waals surface area contributed by atoms with Crippen LogP contribution in [0.3, 0.4) is 0 Å². The topological polar surface area (TPSA) is 79.5 Å². The molecular formula is C16H23N3O3. The fourth-order valence-electron chi connectivity index (χ4n) is 2.36. The molecule has 0 aromatic heterocycles. The summed E-state index contributed by atoms with van der Waals surface area (Å²) < 4.78 is 5.38. The quantitative estimate of drug-likeness (QED) is 0.772. The largest absolute Gasteiger partial charge is 0.381 e. The lowest BCUT2D eigenvalue weighted by atomic mass is 10.0. The number of ether oxygens (including phenoxy) is 1. The summed E-state index contributed by atoms with van der Waals surface area (Å²) in [5.74, 6) is 0.364. The molecule has 22 heavy (non-hydrogen) atoms. The number of urea groups is 1. The lowest BCUT2D eigenvalue weighted by Crippen LogP contribution is -2.35. The summed E-state index contributed by atoms with van der Waals surface area (Å²) in [6.07, 6.45) is 2.49. The van der Waals surface area contributed by atoms with Crippen LogP contribution in [0.1, 0.15) is 18.4 Å². The van der Waals surface area contributed by atoms with E-state index in [1.165, 1.54) is 0 Å². The molecule has 1 aromatic carbocycles. The van der Waals surface area contributed by atoms with Gasteiger partial charge < -0.3 is 20.7 Å². The van der Waals surface area contributed by atoms with E-state index in [1.807, 2.05) is 12.1 Å². The average Bonchev–Trinajstić information content (AvgIpc) is 2.55. The Labute approximate surface area is 130 Å². The second-order valence-corrected chi connectivity index (χ2v) is 5.47. The molecule has 1 aliphatic heterocycles. The van der Waals surface area contributed by atoms with E-state index in [0.29, 0.717) is 31.2 Å². The van der Waals surface area contributed by atoms with Crippen molar-refractivity contribution in [2.24, 2.45) is 5.92 Å². The zero-order chi connectivity index (χ0) is 15.8. The first kappa shape index (κ1) is 16.3. The Hall–Kier alpha value is -2.08. The van der Waals surface area contributed by atoms with Gasteiger partial charge in [-0.2, -0.15) is 0 Å². The fraction of sp³-hybridized carbons (Fsp3) is 0.500. The van der Waals surface area contributed by atoms with Crippen molar-refractivity contribution in [1.82, 2.24) is 10.6 Å². The highest BCUT2D eigenvalue weighted by Gasteiger charge is 2.14. The van der Waals surface area contributed by atoms with Crippen LogP contribution in [0.4, 0.5) is 10.5 Å². The van der Waals surface area contributed by atoms with Crippen molar-refractivity contribution >= 4 is 17.6 Å². The van der Waals surface area contributed by atoms with E-state index >= 15 is 0 Å². The second kappa shape index (κ2) is 8.38. The molecule has 0 spiro atoms. The van der Waals surface area contributed by atoms with Crippen LogP contribution >= 0.6 is 0 Å². The summed E-state index contributed by atoms with van der Waals surface area (Å²) >= 11 is 0. The van der Waals surface area contributed by atoms with Gasteiger partial charge in [-0.3, -0.25) is 4.79 Å². The van der Waals surface area contributed by atoms with E-state index < -0.39 is 0 Å². The zero-order valence-corrected chi connectivity index (χ0v) is 12.9. The van der Waals surface area contributed by atoms with E-state index in [0.717, 1.165) is 25.0 Å². The van der Waals surface area contributed by atoms with E-state index in [-0.39, 0.29) is 11.9 Å². The minimum absolute atomic E-state index is 0.0341. The minimum atomic E-state index is -0.218. The smallest absolute Gasteiger partial charge is 0.319 e. The van der Waals surface area contributed by atoms with Crippen LogP contribution in [0.25, 0.3) is 0 Å². The molecule has 0 aliphatic carbocycles. The number of hydrogen-bond donors (Lipinski definition) is 3. The molecule has 0 radical (unpaired) electrons. The molecule has 6 heteroatoms. The van der Waals surface area contributed by atoms with Crippen molar-refractivity contribution in [3.63, 3.8) is 0 Å². The standard InChI is InChI=1S/C16H23N3O3/c1-17-15(20)9-12-4-6-14(7-5-12)19-16(21)18-10-13-3-2-8-22-11-13/h4-7,13H,2-3,8-11H2,1H3,(H,17,20)(H2,18,19,21)/t13-/m1/s1. The maximum atomic E-state index is 11.8. The van der Waals surface area contributed by atoms with E-state index in [9.17, 15) is 9.59 Å². The van der Waals surface area contributed by atoms with Gasteiger partial charge in [0.25, 0.3) is 0 Å². The Morgan fingerprint density at radius 2 is 2.05 bits per heavy atom. The third kappa shape index (κ3) is 5.37. The number of amides is 3. The Balaban J connectivity index is 1.75.